The molecule has 2 aromatic rings. The maximum atomic E-state index is 10.6. The SMILES string of the molecule is CC(C)c1ccc(Cc2cc([C@@H]3O[C@H](CO)[C@@H](O)[C@H](O)[C@H]3O)c3c(c2Cl)OCC3)cc1. The highest BCUT2D eigenvalue weighted by Gasteiger charge is 2.45. The van der Waals surface area contributed by atoms with E-state index in [9.17, 15) is 20.4 Å². The summed E-state index contributed by atoms with van der Waals surface area (Å²) in [5, 5.41) is 41.1. The van der Waals surface area contributed by atoms with Crippen LogP contribution in [0, 0.1) is 0 Å². The van der Waals surface area contributed by atoms with Crippen LogP contribution in [0.15, 0.2) is 30.3 Å². The third kappa shape index (κ3) is 4.21. The van der Waals surface area contributed by atoms with Crippen LogP contribution in [-0.4, -0.2) is 58.1 Å². The van der Waals surface area contributed by atoms with Gasteiger partial charge in [-0.05, 0) is 34.6 Å². The summed E-state index contributed by atoms with van der Waals surface area (Å²) in [5.74, 6) is 1.02. The lowest BCUT2D eigenvalue weighted by Gasteiger charge is -2.40. The summed E-state index contributed by atoms with van der Waals surface area (Å²) in [4.78, 5) is 0. The van der Waals surface area contributed by atoms with E-state index in [4.69, 9.17) is 21.1 Å². The molecular formula is C24H29ClO6. The van der Waals surface area contributed by atoms with Crippen molar-refractivity contribution in [1.82, 2.24) is 0 Å². The van der Waals surface area contributed by atoms with Crippen molar-refractivity contribution in [2.24, 2.45) is 0 Å². The first-order valence-corrected chi connectivity index (χ1v) is 11.1. The molecular weight excluding hydrogens is 420 g/mol. The summed E-state index contributed by atoms with van der Waals surface area (Å²) < 4.78 is 11.6. The average molecular weight is 449 g/mol. The van der Waals surface area contributed by atoms with Crippen LogP contribution in [0.25, 0.3) is 0 Å². The number of aliphatic hydroxyl groups excluding tert-OH is 4. The molecule has 168 valence electrons. The van der Waals surface area contributed by atoms with Gasteiger partial charge in [-0.1, -0.05) is 55.8 Å². The quantitative estimate of drug-likeness (QED) is 0.561. The van der Waals surface area contributed by atoms with E-state index in [0.717, 1.165) is 16.7 Å². The molecule has 0 amide bonds. The normalized spacial score (nSPS) is 27.9. The first-order chi connectivity index (χ1) is 14.8. The van der Waals surface area contributed by atoms with Crippen LogP contribution >= 0.6 is 11.6 Å². The van der Waals surface area contributed by atoms with Crippen LogP contribution in [0.5, 0.6) is 5.75 Å². The third-order valence-electron chi connectivity index (χ3n) is 6.27. The van der Waals surface area contributed by atoms with Crippen LogP contribution in [0.1, 0.15) is 53.7 Å². The second kappa shape index (κ2) is 9.06. The second-order valence-electron chi connectivity index (χ2n) is 8.67. The summed E-state index contributed by atoms with van der Waals surface area (Å²) in [6.45, 7) is 4.29. The lowest BCUT2D eigenvalue weighted by molar-refractivity contribution is -0.231. The van der Waals surface area contributed by atoms with E-state index in [2.05, 4.69) is 38.1 Å². The molecule has 31 heavy (non-hydrogen) atoms. The van der Waals surface area contributed by atoms with Crippen molar-refractivity contribution in [3.63, 3.8) is 0 Å². The minimum Gasteiger partial charge on any atom is -0.491 e. The average Bonchev–Trinajstić information content (AvgIpc) is 3.25. The number of hydrogen-bond donors (Lipinski definition) is 4. The van der Waals surface area contributed by atoms with Gasteiger partial charge in [0.1, 0.15) is 36.3 Å². The summed E-state index contributed by atoms with van der Waals surface area (Å²) in [5.41, 5.74) is 4.67. The van der Waals surface area contributed by atoms with Gasteiger partial charge in [0.15, 0.2) is 0 Å². The molecule has 1 saturated heterocycles. The van der Waals surface area contributed by atoms with Gasteiger partial charge in [0.25, 0.3) is 0 Å². The Morgan fingerprint density at radius 3 is 2.42 bits per heavy atom. The van der Waals surface area contributed by atoms with E-state index in [1.54, 1.807) is 0 Å². The molecule has 0 saturated carbocycles. The molecule has 6 nitrogen and oxygen atoms in total. The van der Waals surface area contributed by atoms with Gasteiger partial charge in [0.2, 0.25) is 0 Å². The summed E-state index contributed by atoms with van der Waals surface area (Å²) in [6, 6.07) is 10.3. The van der Waals surface area contributed by atoms with Gasteiger partial charge in [0, 0.05) is 12.0 Å². The number of ether oxygens (including phenoxy) is 2. The van der Waals surface area contributed by atoms with Crippen molar-refractivity contribution < 1.29 is 29.9 Å². The fourth-order valence-corrected chi connectivity index (χ4v) is 4.68. The molecule has 0 bridgehead atoms. The number of hydrogen-bond acceptors (Lipinski definition) is 6. The number of fused-ring (bicyclic) bond motifs is 1. The monoisotopic (exact) mass is 448 g/mol. The Balaban J connectivity index is 1.71. The van der Waals surface area contributed by atoms with Crippen molar-refractivity contribution in [2.45, 2.75) is 63.1 Å². The van der Waals surface area contributed by atoms with E-state index in [-0.39, 0.29) is 0 Å². The number of aliphatic hydroxyl groups is 4. The van der Waals surface area contributed by atoms with Crippen molar-refractivity contribution >= 4 is 11.6 Å². The highest BCUT2D eigenvalue weighted by atomic mass is 35.5. The maximum absolute atomic E-state index is 10.6. The van der Waals surface area contributed by atoms with E-state index < -0.39 is 37.1 Å². The van der Waals surface area contributed by atoms with Crippen LogP contribution in [0.2, 0.25) is 5.02 Å². The highest BCUT2D eigenvalue weighted by molar-refractivity contribution is 6.33. The van der Waals surface area contributed by atoms with Crippen LogP contribution < -0.4 is 4.74 Å². The Bertz CT molecular complexity index is 927. The molecule has 1 fully saturated rings. The van der Waals surface area contributed by atoms with Gasteiger partial charge in [-0.15, -0.1) is 0 Å². The zero-order valence-corrected chi connectivity index (χ0v) is 18.4. The largest absolute Gasteiger partial charge is 0.491 e. The molecule has 2 aliphatic rings. The summed E-state index contributed by atoms with van der Waals surface area (Å²) in [7, 11) is 0. The summed E-state index contributed by atoms with van der Waals surface area (Å²) in [6.07, 6.45) is -4.89. The van der Waals surface area contributed by atoms with Gasteiger partial charge >= 0.3 is 0 Å². The van der Waals surface area contributed by atoms with Crippen molar-refractivity contribution in [3.8, 4) is 5.75 Å². The highest BCUT2D eigenvalue weighted by Crippen LogP contribution is 2.44. The minimum absolute atomic E-state index is 0.448. The molecule has 2 aromatic carbocycles. The Labute approximate surface area is 187 Å². The number of halogens is 1. The second-order valence-corrected chi connectivity index (χ2v) is 9.05. The van der Waals surface area contributed by atoms with E-state index >= 15 is 0 Å². The third-order valence-corrected chi connectivity index (χ3v) is 6.69. The van der Waals surface area contributed by atoms with E-state index in [0.29, 0.717) is 41.7 Å². The van der Waals surface area contributed by atoms with Gasteiger partial charge in [-0.2, -0.15) is 0 Å². The Morgan fingerprint density at radius 1 is 1.06 bits per heavy atom. The smallest absolute Gasteiger partial charge is 0.141 e. The van der Waals surface area contributed by atoms with Crippen molar-refractivity contribution in [3.05, 3.63) is 63.2 Å². The van der Waals surface area contributed by atoms with Crippen molar-refractivity contribution in [1.29, 1.82) is 0 Å². The topological polar surface area (TPSA) is 99.4 Å². The maximum Gasteiger partial charge on any atom is 0.141 e. The predicted molar refractivity (Wildman–Crippen MR) is 117 cm³/mol. The Kier molecular flexibility index (Phi) is 6.58. The van der Waals surface area contributed by atoms with Crippen LogP contribution in [0.3, 0.4) is 0 Å². The molecule has 0 aromatic heterocycles. The molecule has 0 aliphatic carbocycles. The first-order valence-electron chi connectivity index (χ1n) is 10.7. The molecule has 0 radical (unpaired) electrons. The van der Waals surface area contributed by atoms with Crippen LogP contribution in [-0.2, 0) is 17.6 Å². The number of benzene rings is 2. The zero-order valence-electron chi connectivity index (χ0n) is 17.7. The van der Waals surface area contributed by atoms with E-state index in [1.165, 1.54) is 5.56 Å². The molecule has 5 atom stereocenters. The molecule has 0 unspecified atom stereocenters. The first kappa shape index (κ1) is 22.5. The lowest BCUT2D eigenvalue weighted by atomic mass is 9.87. The predicted octanol–water partition coefficient (Wildman–Crippen LogP) is 2.50. The molecule has 4 rings (SSSR count). The molecule has 2 heterocycles. The Morgan fingerprint density at radius 2 is 1.77 bits per heavy atom. The van der Waals surface area contributed by atoms with Gasteiger partial charge < -0.3 is 29.9 Å². The van der Waals surface area contributed by atoms with Crippen molar-refractivity contribution in [2.75, 3.05) is 13.2 Å². The molecule has 0 spiro atoms. The van der Waals surface area contributed by atoms with E-state index in [1.807, 2.05) is 6.07 Å². The fraction of sp³-hybridized carbons (Fsp3) is 0.500. The molecule has 2 aliphatic heterocycles. The molecule has 7 heteroatoms. The standard InChI is InChI=1S/C24H29ClO6/c1-12(2)14-5-3-13(4-6-14)9-15-10-17(16-7-8-30-23(16)19(15)25)24-22(29)21(28)20(27)18(11-26)31-24/h3-6,10,12,18,20-22,24,26-29H,7-9,11H2,1-2H3/t18-,20-,21+,22-,24+/m1/s1. The number of rotatable bonds is 5. The van der Waals surface area contributed by atoms with Crippen LogP contribution in [0.4, 0.5) is 0 Å². The Hall–Kier alpha value is -1.67. The lowest BCUT2D eigenvalue weighted by Crippen LogP contribution is -2.55. The summed E-state index contributed by atoms with van der Waals surface area (Å²) >= 11 is 6.68. The van der Waals surface area contributed by atoms with Gasteiger partial charge in [0.05, 0.1) is 18.2 Å². The fourth-order valence-electron chi connectivity index (χ4n) is 4.39. The van der Waals surface area contributed by atoms with Gasteiger partial charge in [-0.3, -0.25) is 0 Å². The molecule has 4 N–H and O–H groups in total. The zero-order chi connectivity index (χ0) is 22.3. The van der Waals surface area contributed by atoms with Gasteiger partial charge in [-0.25, -0.2) is 0 Å². The minimum atomic E-state index is -1.43.